The SMILES string of the molecule is N#Cc1cc(N2CCN(c3ccncc3Cl)CC2)ccc1[N+](=O)[O-]. The number of pyridine rings is 1. The minimum Gasteiger partial charge on any atom is -0.368 e. The molecule has 1 aromatic heterocycles. The zero-order chi connectivity index (χ0) is 17.1. The van der Waals surface area contributed by atoms with Crippen molar-refractivity contribution in [3.63, 3.8) is 0 Å². The predicted octanol–water partition coefficient (Wildman–Crippen LogP) is 2.84. The van der Waals surface area contributed by atoms with Crippen LogP contribution in [0.25, 0.3) is 0 Å². The zero-order valence-corrected chi connectivity index (χ0v) is 13.5. The van der Waals surface area contributed by atoms with Gasteiger partial charge in [-0.25, -0.2) is 0 Å². The number of benzene rings is 1. The molecule has 0 bridgehead atoms. The van der Waals surface area contributed by atoms with Gasteiger partial charge in [0.15, 0.2) is 0 Å². The minimum absolute atomic E-state index is 0.0807. The van der Waals surface area contributed by atoms with Crippen LogP contribution >= 0.6 is 11.6 Å². The number of aromatic nitrogens is 1. The van der Waals surface area contributed by atoms with E-state index in [1.54, 1.807) is 24.5 Å². The summed E-state index contributed by atoms with van der Waals surface area (Å²) in [4.78, 5) is 18.7. The first kappa shape index (κ1) is 16.0. The third-order valence-electron chi connectivity index (χ3n) is 4.03. The van der Waals surface area contributed by atoms with Gasteiger partial charge in [0, 0.05) is 50.3 Å². The summed E-state index contributed by atoms with van der Waals surface area (Å²) in [5.74, 6) is 0. The van der Waals surface area contributed by atoms with E-state index in [4.69, 9.17) is 16.9 Å². The molecule has 0 unspecified atom stereocenters. The average Bonchev–Trinajstić information content (AvgIpc) is 2.61. The normalized spacial score (nSPS) is 14.3. The summed E-state index contributed by atoms with van der Waals surface area (Å²) in [5, 5.41) is 20.6. The first-order valence-electron chi connectivity index (χ1n) is 7.38. The molecule has 1 aromatic carbocycles. The van der Waals surface area contributed by atoms with Crippen LogP contribution < -0.4 is 9.80 Å². The summed E-state index contributed by atoms with van der Waals surface area (Å²) in [5.41, 5.74) is 1.69. The predicted molar refractivity (Wildman–Crippen MR) is 91.5 cm³/mol. The van der Waals surface area contributed by atoms with Crippen molar-refractivity contribution in [1.29, 1.82) is 5.26 Å². The van der Waals surface area contributed by atoms with Gasteiger partial charge in [-0.15, -0.1) is 0 Å². The van der Waals surface area contributed by atoms with E-state index in [-0.39, 0.29) is 11.3 Å². The molecule has 0 N–H and O–H groups in total. The lowest BCUT2D eigenvalue weighted by atomic mass is 10.1. The van der Waals surface area contributed by atoms with Crippen LogP contribution in [0.1, 0.15) is 5.56 Å². The number of hydrogen-bond donors (Lipinski definition) is 0. The Bertz CT molecular complexity index is 812. The molecular formula is C16H14ClN5O2. The topological polar surface area (TPSA) is 86.3 Å². The molecule has 0 spiro atoms. The van der Waals surface area contributed by atoms with Gasteiger partial charge in [-0.05, 0) is 18.2 Å². The Balaban J connectivity index is 1.74. The van der Waals surface area contributed by atoms with E-state index < -0.39 is 4.92 Å². The Morgan fingerprint density at radius 2 is 1.92 bits per heavy atom. The Morgan fingerprint density at radius 3 is 2.54 bits per heavy atom. The number of nitriles is 1. The Labute approximate surface area is 143 Å². The number of piperazine rings is 1. The monoisotopic (exact) mass is 343 g/mol. The standard InChI is InChI=1S/C16H14ClN5O2/c17-14-11-19-4-3-16(14)21-7-5-20(6-8-21)13-1-2-15(22(23)24)12(9-13)10-18/h1-4,9,11H,5-8H2. The number of halogens is 1. The summed E-state index contributed by atoms with van der Waals surface area (Å²) in [6.07, 6.45) is 3.34. The number of hydrogen-bond acceptors (Lipinski definition) is 6. The largest absolute Gasteiger partial charge is 0.368 e. The van der Waals surface area contributed by atoms with E-state index in [1.807, 2.05) is 12.1 Å². The van der Waals surface area contributed by atoms with Gasteiger partial charge in [-0.3, -0.25) is 15.1 Å². The Morgan fingerprint density at radius 1 is 1.21 bits per heavy atom. The fourth-order valence-electron chi connectivity index (χ4n) is 2.80. The molecule has 2 aromatic rings. The van der Waals surface area contributed by atoms with Crippen LogP contribution in [0.4, 0.5) is 17.1 Å². The highest BCUT2D eigenvalue weighted by Gasteiger charge is 2.21. The van der Waals surface area contributed by atoms with Crippen molar-refractivity contribution in [1.82, 2.24) is 4.98 Å². The van der Waals surface area contributed by atoms with Crippen LogP contribution in [0.15, 0.2) is 36.7 Å². The van der Waals surface area contributed by atoms with Crippen LogP contribution in [-0.4, -0.2) is 36.1 Å². The number of anilines is 2. The maximum absolute atomic E-state index is 10.9. The fourth-order valence-corrected chi connectivity index (χ4v) is 3.04. The van der Waals surface area contributed by atoms with Gasteiger partial charge in [0.1, 0.15) is 11.6 Å². The van der Waals surface area contributed by atoms with Gasteiger partial charge in [0.05, 0.1) is 15.6 Å². The molecular weight excluding hydrogens is 330 g/mol. The molecule has 122 valence electrons. The lowest BCUT2D eigenvalue weighted by Gasteiger charge is -2.37. The lowest BCUT2D eigenvalue weighted by molar-refractivity contribution is -0.385. The van der Waals surface area contributed by atoms with Gasteiger partial charge in [0.2, 0.25) is 0 Å². The molecule has 0 atom stereocenters. The van der Waals surface area contributed by atoms with E-state index >= 15 is 0 Å². The summed E-state index contributed by atoms with van der Waals surface area (Å²) >= 11 is 6.18. The molecule has 0 aliphatic carbocycles. The second-order valence-electron chi connectivity index (χ2n) is 5.37. The molecule has 1 saturated heterocycles. The summed E-state index contributed by atoms with van der Waals surface area (Å²) in [7, 11) is 0. The van der Waals surface area contributed by atoms with Crippen molar-refractivity contribution < 1.29 is 4.92 Å². The highest BCUT2D eigenvalue weighted by atomic mass is 35.5. The molecule has 7 nitrogen and oxygen atoms in total. The second kappa shape index (κ2) is 6.72. The molecule has 0 amide bonds. The second-order valence-corrected chi connectivity index (χ2v) is 5.78. The summed E-state index contributed by atoms with van der Waals surface area (Å²) in [6.45, 7) is 3.01. The summed E-state index contributed by atoms with van der Waals surface area (Å²) in [6, 6.07) is 8.44. The van der Waals surface area contributed by atoms with Gasteiger partial charge < -0.3 is 9.80 Å². The van der Waals surface area contributed by atoms with Crippen molar-refractivity contribution in [3.05, 3.63) is 57.4 Å². The number of nitro benzene ring substituents is 1. The number of nitro groups is 1. The Kier molecular flexibility index (Phi) is 4.49. The van der Waals surface area contributed by atoms with Gasteiger partial charge >= 0.3 is 0 Å². The molecule has 8 heteroatoms. The maximum atomic E-state index is 10.9. The van der Waals surface area contributed by atoms with E-state index in [0.29, 0.717) is 5.02 Å². The van der Waals surface area contributed by atoms with Gasteiger partial charge in [-0.1, -0.05) is 11.6 Å². The summed E-state index contributed by atoms with van der Waals surface area (Å²) < 4.78 is 0. The number of nitrogens with zero attached hydrogens (tertiary/aromatic N) is 5. The van der Waals surface area contributed by atoms with E-state index in [2.05, 4.69) is 14.8 Å². The van der Waals surface area contributed by atoms with Crippen LogP contribution in [0.5, 0.6) is 0 Å². The fraction of sp³-hybridized carbons (Fsp3) is 0.250. The minimum atomic E-state index is -0.536. The van der Waals surface area contributed by atoms with Gasteiger partial charge in [0.25, 0.3) is 5.69 Å². The molecule has 1 fully saturated rings. The average molecular weight is 344 g/mol. The van der Waals surface area contributed by atoms with Gasteiger partial charge in [-0.2, -0.15) is 5.26 Å². The van der Waals surface area contributed by atoms with E-state index in [1.165, 1.54) is 6.07 Å². The quantitative estimate of drug-likeness (QED) is 0.629. The molecule has 2 heterocycles. The van der Waals surface area contributed by atoms with Crippen molar-refractivity contribution in [2.45, 2.75) is 0 Å². The van der Waals surface area contributed by atoms with Crippen LogP contribution in [0.2, 0.25) is 5.02 Å². The van der Waals surface area contributed by atoms with Crippen LogP contribution in [0, 0.1) is 21.4 Å². The molecule has 0 saturated carbocycles. The van der Waals surface area contributed by atoms with E-state index in [9.17, 15) is 10.1 Å². The molecule has 1 aliphatic rings. The Hall–Kier alpha value is -2.85. The zero-order valence-electron chi connectivity index (χ0n) is 12.7. The third-order valence-corrected chi connectivity index (χ3v) is 4.33. The van der Waals surface area contributed by atoms with Crippen molar-refractivity contribution in [2.75, 3.05) is 36.0 Å². The van der Waals surface area contributed by atoms with Crippen molar-refractivity contribution >= 4 is 28.7 Å². The molecule has 3 rings (SSSR count). The highest BCUT2D eigenvalue weighted by Crippen LogP contribution is 2.28. The number of rotatable bonds is 3. The highest BCUT2D eigenvalue weighted by molar-refractivity contribution is 6.33. The third kappa shape index (κ3) is 3.09. The molecule has 1 aliphatic heterocycles. The lowest BCUT2D eigenvalue weighted by Crippen LogP contribution is -2.46. The first-order valence-corrected chi connectivity index (χ1v) is 7.76. The first-order chi connectivity index (χ1) is 11.6. The van der Waals surface area contributed by atoms with E-state index in [0.717, 1.165) is 37.6 Å². The van der Waals surface area contributed by atoms with Crippen LogP contribution in [-0.2, 0) is 0 Å². The maximum Gasteiger partial charge on any atom is 0.287 e. The van der Waals surface area contributed by atoms with Crippen LogP contribution in [0.3, 0.4) is 0 Å². The molecule has 0 radical (unpaired) electrons. The smallest absolute Gasteiger partial charge is 0.287 e. The molecule has 24 heavy (non-hydrogen) atoms. The van der Waals surface area contributed by atoms with Crippen molar-refractivity contribution in [2.24, 2.45) is 0 Å². The van der Waals surface area contributed by atoms with Crippen molar-refractivity contribution in [3.8, 4) is 6.07 Å².